The number of carboxylic acids is 1. The van der Waals surface area contributed by atoms with Crippen molar-refractivity contribution in [2.24, 2.45) is 5.73 Å². The normalized spacial score (nSPS) is 12.9. The molecule has 0 saturated carbocycles. The Morgan fingerprint density at radius 2 is 2.04 bits per heavy atom. The molecular weight excluding hydrogens is 379 g/mol. The molecule has 9 nitrogen and oxygen atoms in total. The molecule has 0 amide bonds. The number of imidazole rings is 1. The Morgan fingerprint density at radius 3 is 2.52 bits per heavy atom. The molecule has 0 aliphatic rings. The van der Waals surface area contributed by atoms with Crippen LogP contribution in [0.3, 0.4) is 0 Å². The summed E-state index contributed by atoms with van der Waals surface area (Å²) in [4.78, 5) is 24.9. The number of nitrogens with two attached hydrogens (primary N) is 1. The van der Waals surface area contributed by atoms with Crippen molar-refractivity contribution >= 4 is 35.4 Å². The van der Waals surface area contributed by atoms with Gasteiger partial charge in [0.05, 0.1) is 16.8 Å². The van der Waals surface area contributed by atoms with E-state index in [1.165, 1.54) is 30.5 Å². The molecule has 0 spiro atoms. The molecule has 0 aliphatic carbocycles. The van der Waals surface area contributed by atoms with E-state index in [1.807, 2.05) is 0 Å². The quantitative estimate of drug-likeness (QED) is 0.408. The molecule has 2 atom stereocenters. The number of nitro groups is 1. The zero-order chi connectivity index (χ0) is 17.9. The van der Waals surface area contributed by atoms with Crippen molar-refractivity contribution in [1.82, 2.24) is 8.96 Å². The van der Waals surface area contributed by atoms with Crippen molar-refractivity contribution < 1.29 is 23.8 Å². The van der Waals surface area contributed by atoms with Gasteiger partial charge in [-0.2, -0.15) is 0 Å². The first-order valence-electron chi connectivity index (χ1n) is 6.61. The van der Waals surface area contributed by atoms with E-state index in [0.717, 1.165) is 3.97 Å². The number of nitrogens with zero attached hydrogens (tertiary/aromatic N) is 3. The zero-order valence-electron chi connectivity index (χ0n) is 12.6. The molecular formula is C13H14ClFN4O5S. The number of aromatic nitrogens is 2. The van der Waals surface area contributed by atoms with Crippen LogP contribution in [0.2, 0.25) is 0 Å². The molecule has 25 heavy (non-hydrogen) atoms. The van der Waals surface area contributed by atoms with Crippen LogP contribution < -0.4 is 5.73 Å². The van der Waals surface area contributed by atoms with E-state index in [9.17, 15) is 23.9 Å². The molecule has 0 bridgehead atoms. The lowest BCUT2D eigenvalue weighted by Crippen LogP contribution is -2.33. The van der Waals surface area contributed by atoms with Crippen molar-refractivity contribution in [3.05, 3.63) is 52.1 Å². The van der Waals surface area contributed by atoms with Gasteiger partial charge in [0.2, 0.25) is 0 Å². The predicted molar refractivity (Wildman–Crippen MR) is 88.5 cm³/mol. The van der Waals surface area contributed by atoms with Crippen LogP contribution in [-0.4, -0.2) is 35.6 Å². The molecule has 0 fully saturated rings. The maximum Gasteiger partial charge on any atom is 0.320 e. The van der Waals surface area contributed by atoms with Gasteiger partial charge >= 0.3 is 5.97 Å². The lowest BCUT2D eigenvalue weighted by molar-refractivity contribution is -0.384. The van der Waals surface area contributed by atoms with Gasteiger partial charge in [-0.15, -0.1) is 16.4 Å². The van der Waals surface area contributed by atoms with Gasteiger partial charge in [-0.3, -0.25) is 14.9 Å². The molecule has 12 heteroatoms. The average molecular weight is 393 g/mol. The van der Waals surface area contributed by atoms with E-state index >= 15 is 0 Å². The Labute approximate surface area is 150 Å². The Hall–Kier alpha value is -2.21. The summed E-state index contributed by atoms with van der Waals surface area (Å²) in [5.74, 6) is -1.41. The second-order valence-corrected chi connectivity index (χ2v) is 6.08. The number of hydrogen-bond donors (Lipinski definition) is 2. The highest BCUT2D eigenvalue weighted by Gasteiger charge is 2.26. The number of halogens is 2. The third-order valence-corrected chi connectivity index (χ3v) is 4.59. The van der Waals surface area contributed by atoms with Crippen molar-refractivity contribution in [2.75, 3.05) is 0 Å². The Balaban J connectivity index is 0.00000312. The first kappa shape index (κ1) is 20.8. The minimum absolute atomic E-state index is 0. The molecule has 2 aromatic rings. The van der Waals surface area contributed by atoms with Crippen LogP contribution in [0.1, 0.15) is 11.5 Å². The predicted octanol–water partition coefficient (Wildman–Crippen LogP) is 1.21. The van der Waals surface area contributed by atoms with Crippen molar-refractivity contribution in [2.45, 2.75) is 24.0 Å². The summed E-state index contributed by atoms with van der Waals surface area (Å²) in [6, 6.07) is 3.62. The zero-order valence-corrected chi connectivity index (χ0v) is 14.2. The highest BCUT2D eigenvalue weighted by Crippen LogP contribution is 2.22. The minimum atomic E-state index is -1.95. The number of rotatable bonds is 7. The van der Waals surface area contributed by atoms with Crippen LogP contribution in [0.5, 0.6) is 0 Å². The standard InChI is InChI=1S/C13H13FN4O5S.ClH/c14-6-12-16-7-9(5-11(15)13(19)20)17(12)24(23)10-3-1-8(2-4-10)18(21)22;/h1-4,7,11H,5-6,15H2,(H,19,20);1H. The molecule has 3 N–H and O–H groups in total. The molecule has 1 aromatic heterocycles. The largest absolute Gasteiger partial charge is 0.587 e. The van der Waals surface area contributed by atoms with Gasteiger partial charge in [0, 0.05) is 30.7 Å². The van der Waals surface area contributed by atoms with Gasteiger partial charge in [-0.25, -0.2) is 9.37 Å². The molecule has 1 heterocycles. The molecule has 2 unspecified atom stereocenters. The van der Waals surface area contributed by atoms with Crippen molar-refractivity contribution in [3.63, 3.8) is 0 Å². The number of benzene rings is 1. The smallest absolute Gasteiger partial charge is 0.320 e. The second kappa shape index (κ2) is 8.76. The molecule has 2 rings (SSSR count). The number of hydrogen-bond acceptors (Lipinski definition) is 6. The highest BCUT2D eigenvalue weighted by atomic mass is 35.5. The first-order chi connectivity index (χ1) is 11.3. The second-order valence-electron chi connectivity index (χ2n) is 4.74. The average Bonchev–Trinajstić information content (AvgIpc) is 2.96. The summed E-state index contributed by atoms with van der Waals surface area (Å²) in [6.45, 7) is -1.01. The maximum absolute atomic E-state index is 13.1. The van der Waals surface area contributed by atoms with E-state index in [0.29, 0.717) is 0 Å². The van der Waals surface area contributed by atoms with Crippen LogP contribution in [0.25, 0.3) is 0 Å². The monoisotopic (exact) mass is 392 g/mol. The van der Waals surface area contributed by atoms with E-state index in [-0.39, 0.29) is 40.9 Å². The fourth-order valence-corrected chi connectivity index (χ4v) is 3.15. The number of carboxylic acid groups (broad SMARTS) is 1. The van der Waals surface area contributed by atoms with Gasteiger partial charge in [0.25, 0.3) is 5.69 Å². The van der Waals surface area contributed by atoms with Gasteiger partial charge in [0.15, 0.2) is 17.4 Å². The fourth-order valence-electron chi connectivity index (χ4n) is 1.95. The number of alkyl halides is 1. The van der Waals surface area contributed by atoms with Crippen LogP contribution in [0.15, 0.2) is 35.4 Å². The number of non-ortho nitro benzene ring substituents is 1. The Morgan fingerprint density at radius 1 is 1.44 bits per heavy atom. The fraction of sp³-hybridized carbons (Fsp3) is 0.231. The Bertz CT molecular complexity index is 757. The van der Waals surface area contributed by atoms with E-state index in [1.54, 1.807) is 0 Å². The minimum Gasteiger partial charge on any atom is -0.587 e. The van der Waals surface area contributed by atoms with E-state index in [2.05, 4.69) is 4.98 Å². The van der Waals surface area contributed by atoms with Gasteiger partial charge < -0.3 is 15.4 Å². The van der Waals surface area contributed by atoms with Crippen LogP contribution in [0, 0.1) is 10.1 Å². The lowest BCUT2D eigenvalue weighted by atomic mass is 10.2. The molecule has 0 radical (unpaired) electrons. The first-order valence-corrected chi connectivity index (χ1v) is 7.72. The number of nitro benzene ring substituents is 1. The summed E-state index contributed by atoms with van der Waals surface area (Å²) in [5, 5.41) is 19.5. The van der Waals surface area contributed by atoms with Crippen LogP contribution in [0.4, 0.5) is 10.1 Å². The van der Waals surface area contributed by atoms with E-state index in [4.69, 9.17) is 10.8 Å². The van der Waals surface area contributed by atoms with Crippen molar-refractivity contribution in [1.29, 1.82) is 0 Å². The third kappa shape index (κ3) is 4.66. The van der Waals surface area contributed by atoms with Gasteiger partial charge in [0.1, 0.15) is 17.4 Å². The van der Waals surface area contributed by atoms with Crippen LogP contribution >= 0.6 is 12.4 Å². The molecule has 1 aromatic carbocycles. The molecule has 0 saturated heterocycles. The summed E-state index contributed by atoms with van der Waals surface area (Å²) >= 11 is -1.95. The van der Waals surface area contributed by atoms with Crippen LogP contribution in [-0.2, 0) is 29.3 Å². The number of carbonyl (C=O) groups is 1. The summed E-state index contributed by atoms with van der Waals surface area (Å²) < 4.78 is 26.8. The van der Waals surface area contributed by atoms with Gasteiger partial charge in [-0.05, 0) is 0 Å². The van der Waals surface area contributed by atoms with E-state index < -0.39 is 35.0 Å². The van der Waals surface area contributed by atoms with Gasteiger partial charge in [-0.1, -0.05) is 0 Å². The maximum atomic E-state index is 13.1. The summed E-state index contributed by atoms with van der Waals surface area (Å²) in [5.41, 5.74) is 5.46. The third-order valence-electron chi connectivity index (χ3n) is 3.14. The molecule has 136 valence electrons. The highest BCUT2D eigenvalue weighted by molar-refractivity contribution is 7.90. The Kier molecular flexibility index (Phi) is 7.30. The van der Waals surface area contributed by atoms with Crippen molar-refractivity contribution in [3.8, 4) is 0 Å². The topological polar surface area (TPSA) is 147 Å². The lowest BCUT2D eigenvalue weighted by Gasteiger charge is -2.15. The summed E-state index contributed by atoms with van der Waals surface area (Å²) in [7, 11) is 0. The SMILES string of the molecule is Cl.NC(Cc1cnc(CF)n1[S+]([O-])c1ccc([N+](=O)[O-])cc1)C(=O)O. The number of aliphatic carboxylic acids is 1. The molecule has 0 aliphatic heterocycles. The summed E-state index contributed by atoms with van der Waals surface area (Å²) in [6.07, 6.45) is 1.02.